The third-order valence-corrected chi connectivity index (χ3v) is 10.4. The molecule has 1 rings (SSSR count). The molecule has 1 N–H and O–H groups in total. The molecule has 0 aromatic heterocycles. The monoisotopic (exact) mass is 460 g/mol. The van der Waals surface area contributed by atoms with Crippen LogP contribution in [0.15, 0.2) is 18.2 Å². The number of nitro groups is 1. The second-order valence-corrected chi connectivity index (χ2v) is 15.5. The molecule has 1 aromatic rings. The van der Waals surface area contributed by atoms with Crippen LogP contribution in [0.3, 0.4) is 0 Å². The molecule has 0 aliphatic carbocycles. The Labute approximate surface area is 181 Å². The number of nitrogens with one attached hydrogen (secondary N) is 1. The summed E-state index contributed by atoms with van der Waals surface area (Å²) in [5.74, 6) is 0. The predicted molar refractivity (Wildman–Crippen MR) is 123 cm³/mol. The molecular formula is C20H36N2O6SSi. The van der Waals surface area contributed by atoms with E-state index in [4.69, 9.17) is 8.61 Å². The van der Waals surface area contributed by atoms with Crippen LogP contribution in [0.25, 0.3) is 0 Å². The van der Waals surface area contributed by atoms with E-state index in [-0.39, 0.29) is 17.3 Å². The van der Waals surface area contributed by atoms with Gasteiger partial charge in [0.2, 0.25) is 0 Å². The Morgan fingerprint density at radius 1 is 1.13 bits per heavy atom. The van der Waals surface area contributed by atoms with Crippen molar-refractivity contribution < 1.29 is 22.0 Å². The van der Waals surface area contributed by atoms with Gasteiger partial charge in [-0.25, -0.2) is 0 Å². The number of rotatable bonds is 13. The fourth-order valence-corrected chi connectivity index (χ4v) is 3.93. The summed E-state index contributed by atoms with van der Waals surface area (Å²) in [5.41, 5.74) is 0.760. The van der Waals surface area contributed by atoms with Gasteiger partial charge in [0.15, 0.2) is 8.32 Å². The molecule has 172 valence electrons. The Morgan fingerprint density at radius 2 is 1.77 bits per heavy atom. The molecule has 0 saturated heterocycles. The fourth-order valence-electron chi connectivity index (χ4n) is 2.49. The standard InChI is InChI=1S/C20H36N2O6SSi/c1-20(2,3)30(5,6)28-14-10-8-7-9-13-21-18-12-11-17(15-19(18)22(23)24)16-27-29(4,25)26/h11-12,15,21H,7-10,13-14,16H2,1-6H3. The fraction of sp³-hybridized carbons (Fsp3) is 0.700. The van der Waals surface area contributed by atoms with Gasteiger partial charge in [-0.2, -0.15) is 8.42 Å². The number of nitrogens with zero attached hydrogens (tertiary/aromatic N) is 1. The lowest BCUT2D eigenvalue weighted by Crippen LogP contribution is -2.40. The SMILES string of the molecule is CC(C)(C)[Si](C)(C)OCCCCCCNc1ccc(COS(C)(=O)=O)cc1[N+](=O)[O-]. The van der Waals surface area contributed by atoms with E-state index in [1.54, 1.807) is 12.1 Å². The van der Waals surface area contributed by atoms with Crippen LogP contribution >= 0.6 is 0 Å². The molecule has 0 aliphatic rings. The molecule has 0 bridgehead atoms. The smallest absolute Gasteiger partial charge is 0.292 e. The summed E-state index contributed by atoms with van der Waals surface area (Å²) in [6.45, 7) is 12.4. The van der Waals surface area contributed by atoms with Gasteiger partial charge in [0.1, 0.15) is 5.69 Å². The highest BCUT2D eigenvalue weighted by Crippen LogP contribution is 2.36. The minimum absolute atomic E-state index is 0.0904. The van der Waals surface area contributed by atoms with Crippen molar-refractivity contribution in [3.8, 4) is 0 Å². The van der Waals surface area contributed by atoms with E-state index in [9.17, 15) is 18.5 Å². The number of unbranched alkanes of at least 4 members (excludes halogenated alkanes) is 3. The maximum atomic E-state index is 11.3. The first-order valence-corrected chi connectivity index (χ1v) is 14.9. The topological polar surface area (TPSA) is 108 Å². The zero-order valence-corrected chi connectivity index (χ0v) is 20.8. The Hall–Kier alpha value is -1.49. The van der Waals surface area contributed by atoms with Gasteiger partial charge in [0.25, 0.3) is 15.8 Å². The molecule has 1 aromatic carbocycles. The largest absolute Gasteiger partial charge is 0.417 e. The molecule has 0 saturated carbocycles. The summed E-state index contributed by atoms with van der Waals surface area (Å²) >= 11 is 0. The first kappa shape index (κ1) is 26.5. The van der Waals surface area contributed by atoms with E-state index in [0.717, 1.165) is 38.5 Å². The highest BCUT2D eigenvalue weighted by Gasteiger charge is 2.36. The molecule has 8 nitrogen and oxygen atoms in total. The molecule has 0 amide bonds. The maximum absolute atomic E-state index is 11.3. The molecule has 0 unspecified atom stereocenters. The summed E-state index contributed by atoms with van der Waals surface area (Å²) in [6.07, 6.45) is 4.93. The van der Waals surface area contributed by atoms with E-state index >= 15 is 0 Å². The lowest BCUT2D eigenvalue weighted by Gasteiger charge is -2.36. The summed E-state index contributed by atoms with van der Waals surface area (Å²) in [5, 5.41) is 14.7. The second kappa shape index (κ2) is 11.2. The highest BCUT2D eigenvalue weighted by molar-refractivity contribution is 7.85. The molecule has 0 radical (unpaired) electrons. The lowest BCUT2D eigenvalue weighted by molar-refractivity contribution is -0.384. The van der Waals surface area contributed by atoms with E-state index < -0.39 is 23.4 Å². The highest BCUT2D eigenvalue weighted by atomic mass is 32.2. The average molecular weight is 461 g/mol. The summed E-state index contributed by atoms with van der Waals surface area (Å²) in [7, 11) is -5.28. The van der Waals surface area contributed by atoms with Crippen LogP contribution < -0.4 is 5.32 Å². The summed E-state index contributed by atoms with van der Waals surface area (Å²) in [4.78, 5) is 10.8. The van der Waals surface area contributed by atoms with Crippen molar-refractivity contribution in [2.45, 2.75) is 71.2 Å². The second-order valence-electron chi connectivity index (χ2n) is 9.02. The van der Waals surface area contributed by atoms with E-state index in [2.05, 4.69) is 39.2 Å². The zero-order chi connectivity index (χ0) is 23.0. The number of benzene rings is 1. The Morgan fingerprint density at radius 3 is 2.33 bits per heavy atom. The summed E-state index contributed by atoms with van der Waals surface area (Å²) in [6, 6.07) is 4.55. The quantitative estimate of drug-likeness (QED) is 0.144. The Kier molecular flexibility index (Phi) is 9.92. The summed E-state index contributed by atoms with van der Waals surface area (Å²) < 4.78 is 33.0. The van der Waals surface area contributed by atoms with Gasteiger partial charge in [-0.1, -0.05) is 39.7 Å². The zero-order valence-electron chi connectivity index (χ0n) is 19.0. The van der Waals surface area contributed by atoms with Crippen molar-refractivity contribution >= 4 is 29.8 Å². The molecule has 0 spiro atoms. The maximum Gasteiger partial charge on any atom is 0.292 e. The number of hydrogen-bond acceptors (Lipinski definition) is 7. The van der Waals surface area contributed by atoms with E-state index in [1.807, 2.05) is 0 Å². The molecule has 0 fully saturated rings. The average Bonchev–Trinajstić information content (AvgIpc) is 2.60. The molecule has 0 aliphatic heterocycles. The van der Waals surface area contributed by atoms with E-state index in [1.165, 1.54) is 6.07 Å². The molecular weight excluding hydrogens is 424 g/mol. The molecule has 0 heterocycles. The van der Waals surface area contributed by atoms with Crippen molar-refractivity contribution in [1.82, 2.24) is 0 Å². The van der Waals surface area contributed by atoms with Gasteiger partial charge in [0, 0.05) is 19.2 Å². The van der Waals surface area contributed by atoms with Crippen LogP contribution in [-0.4, -0.2) is 41.1 Å². The van der Waals surface area contributed by atoms with Gasteiger partial charge in [-0.15, -0.1) is 0 Å². The third kappa shape index (κ3) is 9.54. The first-order valence-electron chi connectivity index (χ1n) is 10.2. The van der Waals surface area contributed by atoms with Crippen molar-refractivity contribution in [3.05, 3.63) is 33.9 Å². The van der Waals surface area contributed by atoms with Crippen LogP contribution in [0.2, 0.25) is 18.1 Å². The van der Waals surface area contributed by atoms with Gasteiger partial charge in [0.05, 0.1) is 17.8 Å². The number of nitro benzene ring substituents is 1. The lowest BCUT2D eigenvalue weighted by atomic mass is 10.1. The third-order valence-electron chi connectivity index (χ3n) is 5.35. The predicted octanol–water partition coefficient (Wildman–Crippen LogP) is 5.07. The molecule has 0 atom stereocenters. The van der Waals surface area contributed by atoms with Crippen LogP contribution in [0.1, 0.15) is 52.0 Å². The van der Waals surface area contributed by atoms with Gasteiger partial charge in [-0.3, -0.25) is 14.3 Å². The Balaban J connectivity index is 2.40. The Bertz CT molecular complexity index is 806. The van der Waals surface area contributed by atoms with Gasteiger partial charge < -0.3 is 9.74 Å². The van der Waals surface area contributed by atoms with Gasteiger partial charge in [-0.05, 0) is 42.6 Å². The van der Waals surface area contributed by atoms with Gasteiger partial charge >= 0.3 is 0 Å². The van der Waals surface area contributed by atoms with Crippen LogP contribution in [0, 0.1) is 10.1 Å². The normalized spacial score (nSPS) is 12.7. The number of hydrogen-bond donors (Lipinski definition) is 1. The van der Waals surface area contributed by atoms with Crippen LogP contribution in [0.4, 0.5) is 11.4 Å². The van der Waals surface area contributed by atoms with Crippen molar-refractivity contribution in [1.29, 1.82) is 0 Å². The minimum atomic E-state index is -3.60. The van der Waals surface area contributed by atoms with E-state index in [0.29, 0.717) is 17.8 Å². The first-order chi connectivity index (χ1) is 13.7. The van der Waals surface area contributed by atoms with Crippen molar-refractivity contribution in [3.63, 3.8) is 0 Å². The molecule has 10 heteroatoms. The minimum Gasteiger partial charge on any atom is -0.417 e. The molecule has 30 heavy (non-hydrogen) atoms. The van der Waals surface area contributed by atoms with Crippen LogP contribution in [0.5, 0.6) is 0 Å². The number of anilines is 1. The van der Waals surface area contributed by atoms with Crippen LogP contribution in [-0.2, 0) is 25.3 Å². The van der Waals surface area contributed by atoms with Crippen molar-refractivity contribution in [2.75, 3.05) is 24.7 Å². The van der Waals surface area contributed by atoms with Crippen molar-refractivity contribution in [2.24, 2.45) is 0 Å².